The minimum absolute atomic E-state index is 0.0782. The minimum Gasteiger partial charge on any atom is -0.321 e. The molecule has 192 valence electrons. The molecule has 8 atom stereocenters. The van der Waals surface area contributed by atoms with Gasteiger partial charge in [-0.3, -0.25) is 14.3 Å². The maximum absolute atomic E-state index is 13.7. The van der Waals surface area contributed by atoms with Crippen LogP contribution in [0.15, 0.2) is 34.9 Å². The van der Waals surface area contributed by atoms with Crippen molar-refractivity contribution in [2.75, 3.05) is 0 Å². The van der Waals surface area contributed by atoms with E-state index in [9.17, 15) is 19.1 Å². The largest absolute Gasteiger partial charge is 0.349 e. The molecule has 2 saturated heterocycles. The molecule has 3 heterocycles. The molecule has 0 amide bonds. The smallest absolute Gasteiger partial charge is 0.321 e. The van der Waals surface area contributed by atoms with Crippen molar-refractivity contribution in [3.8, 4) is 0 Å². The van der Waals surface area contributed by atoms with Crippen LogP contribution in [0.3, 0.4) is 0 Å². The summed E-state index contributed by atoms with van der Waals surface area (Å²) in [6.07, 6.45) is 14.0. The molecule has 3 saturated carbocycles. The molecule has 7 nitrogen and oxygen atoms in total. The molecule has 1 aromatic heterocycles. The fraction of sp³-hybridized carbons (Fsp3) is 0.643. The average molecular weight is 510 g/mol. The molecule has 5 aliphatic rings. The van der Waals surface area contributed by atoms with Gasteiger partial charge in [-0.25, -0.2) is 4.98 Å². The first-order valence-corrected chi connectivity index (χ1v) is 15.6. The van der Waals surface area contributed by atoms with E-state index < -0.39 is 7.60 Å². The average Bonchev–Trinajstić information content (AvgIpc) is 3.05. The minimum atomic E-state index is -4.38. The fourth-order valence-corrected chi connectivity index (χ4v) is 9.37. The normalized spacial score (nSPS) is 38.3. The second-order valence-corrected chi connectivity index (χ2v) is 13.7. The van der Waals surface area contributed by atoms with Crippen LogP contribution in [0.25, 0.3) is 17.1 Å². The highest BCUT2D eigenvalue weighted by atomic mass is 31.2. The van der Waals surface area contributed by atoms with Crippen LogP contribution < -0.4 is 5.56 Å². The number of nitrogens with zero attached hydrogens (tertiary/aromatic N) is 3. The third-order valence-corrected chi connectivity index (χ3v) is 10.8. The van der Waals surface area contributed by atoms with Gasteiger partial charge in [0.15, 0.2) is 0 Å². The quantitative estimate of drug-likeness (QED) is 0.568. The molecule has 3 aliphatic carbocycles. The van der Waals surface area contributed by atoms with Crippen LogP contribution in [0, 0.1) is 23.7 Å². The predicted octanol–water partition coefficient (Wildman–Crippen LogP) is 4.93. The van der Waals surface area contributed by atoms with Gasteiger partial charge in [0.05, 0.1) is 11.0 Å². The summed E-state index contributed by atoms with van der Waals surface area (Å²) >= 11 is 0. The summed E-state index contributed by atoms with van der Waals surface area (Å²) in [7, 11) is -4.38. The van der Waals surface area contributed by atoms with E-state index in [0.29, 0.717) is 23.6 Å². The Labute approximate surface area is 211 Å². The van der Waals surface area contributed by atoms with Crippen molar-refractivity contribution < 1.29 is 14.4 Å². The number of rotatable bonds is 4. The van der Waals surface area contributed by atoms with Crippen LogP contribution in [-0.2, 0) is 4.57 Å². The standard InChI is InChI=1S/C28H36N3O4P/c32-28-26(8-9-36(33,34)35)29-25-6-1-2-7-27(25)31(28)23-15-20-4-3-5-21(16-23)30(20)22-11-17-10-18-13-19(14-22)24(18)12-17/h1-2,6-9,17-24H,3-5,10-16H2,(H2,33,34,35)/b9-8+/t17-,18+,19+,20-,21+,22-,23?,24?/m1/s1. The third kappa shape index (κ3) is 3.94. The first-order valence-electron chi connectivity index (χ1n) is 13.9. The van der Waals surface area contributed by atoms with Crippen LogP contribution in [0.1, 0.15) is 75.9 Å². The molecular formula is C28H36N3O4P. The van der Waals surface area contributed by atoms with Crippen molar-refractivity contribution >= 4 is 24.7 Å². The van der Waals surface area contributed by atoms with Gasteiger partial charge in [-0.1, -0.05) is 18.6 Å². The van der Waals surface area contributed by atoms with Crippen molar-refractivity contribution in [1.29, 1.82) is 0 Å². The Bertz CT molecular complexity index is 1300. The van der Waals surface area contributed by atoms with Gasteiger partial charge in [0.1, 0.15) is 5.69 Å². The number of hydrogen-bond donors (Lipinski definition) is 2. The Morgan fingerprint density at radius 2 is 1.64 bits per heavy atom. The molecule has 36 heavy (non-hydrogen) atoms. The van der Waals surface area contributed by atoms with Gasteiger partial charge >= 0.3 is 7.60 Å². The molecule has 1 aromatic carbocycles. The van der Waals surface area contributed by atoms with Crippen molar-refractivity contribution in [2.24, 2.45) is 23.7 Å². The lowest BCUT2D eigenvalue weighted by atomic mass is 9.64. The summed E-state index contributed by atoms with van der Waals surface area (Å²) in [5.41, 5.74) is 1.36. The lowest BCUT2D eigenvalue weighted by Gasteiger charge is -2.54. The monoisotopic (exact) mass is 509 g/mol. The van der Waals surface area contributed by atoms with Crippen LogP contribution in [0.2, 0.25) is 0 Å². The predicted molar refractivity (Wildman–Crippen MR) is 139 cm³/mol. The zero-order chi connectivity index (χ0) is 24.6. The molecule has 2 N–H and O–H groups in total. The molecular weight excluding hydrogens is 473 g/mol. The van der Waals surface area contributed by atoms with Gasteiger partial charge in [-0.15, -0.1) is 0 Å². The molecule has 2 aromatic rings. The van der Waals surface area contributed by atoms with Crippen molar-refractivity contribution in [1.82, 2.24) is 14.5 Å². The zero-order valence-electron chi connectivity index (χ0n) is 20.7. The van der Waals surface area contributed by atoms with Crippen LogP contribution in [0.5, 0.6) is 0 Å². The Kier molecular flexibility index (Phi) is 5.59. The molecule has 0 radical (unpaired) electrons. The van der Waals surface area contributed by atoms with E-state index in [2.05, 4.69) is 9.88 Å². The van der Waals surface area contributed by atoms with E-state index in [1.54, 1.807) is 0 Å². The summed E-state index contributed by atoms with van der Waals surface area (Å²) in [5, 5.41) is 0. The fourth-order valence-electron chi connectivity index (χ4n) is 9.04. The number of fused-ring (bicyclic) bond motifs is 4. The Morgan fingerprint density at radius 3 is 2.42 bits per heavy atom. The van der Waals surface area contributed by atoms with Crippen LogP contribution in [-0.4, -0.2) is 42.4 Å². The number of aromatic nitrogens is 2. The van der Waals surface area contributed by atoms with Crippen molar-refractivity contribution in [2.45, 2.75) is 88.4 Å². The summed E-state index contributed by atoms with van der Waals surface area (Å²) in [5.74, 6) is 4.70. The lowest BCUT2D eigenvalue weighted by molar-refractivity contribution is -0.0437. The topological polar surface area (TPSA) is 95.7 Å². The molecule has 2 unspecified atom stereocenters. The summed E-state index contributed by atoms with van der Waals surface area (Å²) in [6.45, 7) is 0. The molecule has 8 heteroatoms. The highest BCUT2D eigenvalue weighted by molar-refractivity contribution is 7.55. The van der Waals surface area contributed by atoms with E-state index in [-0.39, 0.29) is 17.3 Å². The van der Waals surface area contributed by atoms with Crippen LogP contribution >= 0.6 is 7.60 Å². The van der Waals surface area contributed by atoms with Crippen LogP contribution in [0.4, 0.5) is 0 Å². The van der Waals surface area contributed by atoms with Gasteiger partial charge < -0.3 is 14.4 Å². The second kappa shape index (κ2) is 8.62. The highest BCUT2D eigenvalue weighted by Gasteiger charge is 2.53. The molecule has 0 spiro atoms. The number of benzene rings is 1. The van der Waals surface area contributed by atoms with Gasteiger partial charge in [0, 0.05) is 30.0 Å². The zero-order valence-corrected chi connectivity index (χ0v) is 21.5. The number of para-hydroxylation sites is 2. The van der Waals surface area contributed by atoms with Gasteiger partial charge in [-0.2, -0.15) is 0 Å². The van der Waals surface area contributed by atoms with E-state index in [1.807, 2.05) is 28.8 Å². The highest BCUT2D eigenvalue weighted by Crippen LogP contribution is 2.59. The van der Waals surface area contributed by atoms with Gasteiger partial charge in [0.25, 0.3) is 5.56 Å². The van der Waals surface area contributed by atoms with E-state index in [1.165, 1.54) is 57.4 Å². The Balaban J connectivity index is 1.22. The maximum atomic E-state index is 13.7. The second-order valence-electron chi connectivity index (χ2n) is 12.3. The molecule has 4 bridgehead atoms. The van der Waals surface area contributed by atoms with Gasteiger partial charge in [-0.05, 0) is 99.7 Å². The molecule has 7 rings (SSSR count). The van der Waals surface area contributed by atoms with Crippen molar-refractivity contribution in [3.63, 3.8) is 0 Å². The van der Waals surface area contributed by atoms with Crippen molar-refractivity contribution in [3.05, 3.63) is 46.1 Å². The number of hydrogen-bond acceptors (Lipinski definition) is 4. The maximum Gasteiger partial charge on any atom is 0.349 e. The SMILES string of the molecule is O=c1c(/C=C/P(=O)(O)O)nc2ccccc2n1C1C[C@H]2CCC[C@@H](C1)N2[C@@H]1C[C@@H]2CC3[C@@H](C2)C[C@H]3C1. The number of piperidine rings is 2. The Morgan fingerprint density at radius 1 is 0.889 bits per heavy atom. The summed E-state index contributed by atoms with van der Waals surface area (Å²) in [4.78, 5) is 39.7. The Hall–Kier alpha value is -1.79. The summed E-state index contributed by atoms with van der Waals surface area (Å²) < 4.78 is 13.3. The first-order chi connectivity index (χ1) is 17.3. The first kappa shape index (κ1) is 23.3. The lowest BCUT2D eigenvalue weighted by Crippen LogP contribution is -2.58. The molecule has 2 aliphatic heterocycles. The molecule has 5 fully saturated rings. The third-order valence-electron chi connectivity index (χ3n) is 10.3. The van der Waals surface area contributed by atoms with E-state index in [0.717, 1.165) is 47.8 Å². The van der Waals surface area contributed by atoms with Gasteiger partial charge in [0.2, 0.25) is 0 Å². The van der Waals surface area contributed by atoms with E-state index in [4.69, 9.17) is 0 Å². The summed E-state index contributed by atoms with van der Waals surface area (Å²) in [6, 6.07) is 9.46. The van der Waals surface area contributed by atoms with E-state index >= 15 is 0 Å².